The zero-order chi connectivity index (χ0) is 21.1. The van der Waals surface area contributed by atoms with Gasteiger partial charge in [0.15, 0.2) is 5.78 Å². The van der Waals surface area contributed by atoms with Gasteiger partial charge in [-0.25, -0.2) is 0 Å². The first-order valence-electron chi connectivity index (χ1n) is 10.3. The fraction of sp³-hybridized carbons (Fsp3) is 0.522. The molecule has 0 bridgehead atoms. The number of rotatable bonds is 13. The minimum absolute atomic E-state index is 0.0209. The molecule has 1 fully saturated rings. The monoisotopic (exact) mass is 401 g/mol. The molecule has 1 aromatic carbocycles. The third kappa shape index (κ3) is 8.20. The maximum absolute atomic E-state index is 12.3. The van der Waals surface area contributed by atoms with E-state index in [1.807, 2.05) is 35.2 Å². The molecule has 1 aromatic rings. The Balaban J connectivity index is 1.79. The predicted octanol–water partition coefficient (Wildman–Crippen LogP) is 3.53. The molecule has 1 atom stereocenters. The van der Waals surface area contributed by atoms with Crippen LogP contribution < -0.4 is 0 Å². The Labute approximate surface area is 172 Å². The molecule has 6 heteroatoms. The van der Waals surface area contributed by atoms with E-state index in [1.54, 1.807) is 13.2 Å². The molecular weight excluding hydrogens is 370 g/mol. The number of hydrogen-bond donors (Lipinski definition) is 1. The van der Waals surface area contributed by atoms with Crippen LogP contribution in [0.4, 0.5) is 0 Å². The molecule has 1 amide bonds. The van der Waals surface area contributed by atoms with Crippen LogP contribution >= 0.6 is 0 Å². The van der Waals surface area contributed by atoms with E-state index in [9.17, 15) is 14.4 Å². The van der Waals surface area contributed by atoms with Gasteiger partial charge in [0.25, 0.3) is 0 Å². The molecule has 1 N–H and O–H groups in total. The molecular formula is C23H31NO5. The fourth-order valence-electron chi connectivity index (χ4n) is 3.63. The van der Waals surface area contributed by atoms with E-state index < -0.39 is 5.97 Å². The van der Waals surface area contributed by atoms with Gasteiger partial charge >= 0.3 is 5.97 Å². The number of ether oxygens (including phenoxy) is 1. The highest BCUT2D eigenvalue weighted by atomic mass is 16.5. The molecule has 1 aliphatic heterocycles. The smallest absolute Gasteiger partial charge is 0.303 e. The number of unbranched alkanes of at least 4 members (excludes halogenated alkanes) is 3. The Kier molecular flexibility index (Phi) is 9.57. The van der Waals surface area contributed by atoms with Gasteiger partial charge < -0.3 is 14.7 Å². The summed E-state index contributed by atoms with van der Waals surface area (Å²) in [5, 5.41) is 8.65. The van der Waals surface area contributed by atoms with Crippen LogP contribution in [0.1, 0.15) is 56.1 Å². The predicted molar refractivity (Wildman–Crippen MR) is 110 cm³/mol. The van der Waals surface area contributed by atoms with Crippen molar-refractivity contribution in [1.29, 1.82) is 0 Å². The highest BCUT2D eigenvalue weighted by Crippen LogP contribution is 2.21. The summed E-state index contributed by atoms with van der Waals surface area (Å²) < 4.78 is 5.13. The van der Waals surface area contributed by atoms with Gasteiger partial charge in [0.05, 0.1) is 12.6 Å². The molecule has 0 radical (unpaired) electrons. The average molecular weight is 402 g/mol. The zero-order valence-electron chi connectivity index (χ0n) is 17.1. The van der Waals surface area contributed by atoms with Crippen LogP contribution in [0.3, 0.4) is 0 Å². The number of methoxy groups -OCH3 is 1. The van der Waals surface area contributed by atoms with E-state index in [4.69, 9.17) is 9.84 Å². The van der Waals surface area contributed by atoms with Crippen LogP contribution in [0.2, 0.25) is 0 Å². The molecule has 1 aliphatic rings. The Bertz CT molecular complexity index is 728. The molecule has 0 aliphatic carbocycles. The number of carboxylic acids is 1. The van der Waals surface area contributed by atoms with E-state index >= 15 is 0 Å². The third-order valence-corrected chi connectivity index (χ3v) is 5.10. The van der Waals surface area contributed by atoms with Crippen molar-refractivity contribution in [2.75, 3.05) is 13.7 Å². The quantitative estimate of drug-likeness (QED) is 0.404. The number of hydrogen-bond acceptors (Lipinski definition) is 4. The van der Waals surface area contributed by atoms with Crippen molar-refractivity contribution in [3.05, 3.63) is 47.5 Å². The second kappa shape index (κ2) is 12.2. The van der Waals surface area contributed by atoms with Gasteiger partial charge in [-0.15, -0.1) is 0 Å². The summed E-state index contributed by atoms with van der Waals surface area (Å²) in [6.07, 6.45) is 8.54. The number of carbonyl (C=O) groups is 3. The van der Waals surface area contributed by atoms with E-state index in [-0.39, 0.29) is 24.2 Å². The number of benzene rings is 1. The normalized spacial score (nSPS) is 16.7. The van der Waals surface area contributed by atoms with Crippen molar-refractivity contribution in [1.82, 2.24) is 4.90 Å². The molecule has 158 valence electrons. The summed E-state index contributed by atoms with van der Waals surface area (Å²) in [5.41, 5.74) is 1.99. The van der Waals surface area contributed by atoms with Gasteiger partial charge in [-0.1, -0.05) is 43.2 Å². The first-order chi connectivity index (χ1) is 14.0. The number of ketones is 1. The first kappa shape index (κ1) is 22.8. The van der Waals surface area contributed by atoms with Crippen molar-refractivity contribution in [2.45, 2.75) is 64.0 Å². The molecule has 29 heavy (non-hydrogen) atoms. The van der Waals surface area contributed by atoms with Crippen LogP contribution in [0.25, 0.3) is 0 Å². The number of likely N-dealkylation sites (tertiary alicyclic amines) is 1. The molecule has 0 aromatic heterocycles. The van der Waals surface area contributed by atoms with Crippen LogP contribution in [0.5, 0.6) is 0 Å². The summed E-state index contributed by atoms with van der Waals surface area (Å²) >= 11 is 0. The molecule has 0 unspecified atom stereocenters. The van der Waals surface area contributed by atoms with E-state index in [0.29, 0.717) is 32.4 Å². The Hall–Kier alpha value is -2.47. The maximum Gasteiger partial charge on any atom is 0.303 e. The van der Waals surface area contributed by atoms with Crippen molar-refractivity contribution in [2.24, 2.45) is 0 Å². The lowest BCUT2D eigenvalue weighted by Gasteiger charge is -2.22. The van der Waals surface area contributed by atoms with Crippen molar-refractivity contribution in [3.63, 3.8) is 0 Å². The summed E-state index contributed by atoms with van der Waals surface area (Å²) in [6, 6.07) is 7.78. The lowest BCUT2D eigenvalue weighted by atomic mass is 10.0. The first-order valence-corrected chi connectivity index (χ1v) is 10.3. The summed E-state index contributed by atoms with van der Waals surface area (Å²) in [7, 11) is 1.64. The number of amides is 1. The Morgan fingerprint density at radius 3 is 2.72 bits per heavy atom. The lowest BCUT2D eigenvalue weighted by molar-refractivity contribution is -0.137. The van der Waals surface area contributed by atoms with Crippen LogP contribution in [0.15, 0.2) is 36.4 Å². The maximum atomic E-state index is 12.3. The van der Waals surface area contributed by atoms with Gasteiger partial charge in [0.1, 0.15) is 0 Å². The number of nitrogens with zero attached hydrogens (tertiary/aromatic N) is 1. The largest absolute Gasteiger partial charge is 0.481 e. The number of allylic oxidation sites excluding steroid dienone is 1. The molecule has 6 nitrogen and oxygen atoms in total. The number of carboxylic acid groups (broad SMARTS) is 1. The molecule has 0 spiro atoms. The van der Waals surface area contributed by atoms with Crippen molar-refractivity contribution >= 4 is 17.7 Å². The van der Waals surface area contributed by atoms with E-state index in [1.165, 1.54) is 0 Å². The van der Waals surface area contributed by atoms with Gasteiger partial charge in [-0.2, -0.15) is 0 Å². The van der Waals surface area contributed by atoms with E-state index in [0.717, 1.165) is 36.8 Å². The Morgan fingerprint density at radius 1 is 1.21 bits per heavy atom. The van der Waals surface area contributed by atoms with Gasteiger partial charge in [-0.05, 0) is 36.5 Å². The fourth-order valence-corrected chi connectivity index (χ4v) is 3.63. The lowest BCUT2D eigenvalue weighted by Crippen LogP contribution is -2.32. The topological polar surface area (TPSA) is 83.9 Å². The minimum atomic E-state index is -0.764. The van der Waals surface area contributed by atoms with Gasteiger partial charge in [0.2, 0.25) is 5.91 Å². The number of aliphatic carboxylic acids is 1. The zero-order valence-corrected chi connectivity index (χ0v) is 17.1. The summed E-state index contributed by atoms with van der Waals surface area (Å²) in [6.45, 7) is 1.18. The summed E-state index contributed by atoms with van der Waals surface area (Å²) in [4.78, 5) is 36.9. The van der Waals surface area contributed by atoms with Gasteiger partial charge in [-0.3, -0.25) is 14.4 Å². The number of carbonyl (C=O) groups excluding carboxylic acids is 2. The standard InChI is InChI=1S/C23H31NO5/c1-29-17-19-8-6-7-18(15-19)16-21(25)12-10-20-11-13-22(26)24(20)14-5-3-2-4-9-23(27)28/h6-8,10,12,15,20H,2-5,9,11,13-14,16-17H2,1H3,(H,27,28)/t20-/m0/s1. The second-order valence-electron chi connectivity index (χ2n) is 7.51. The third-order valence-electron chi connectivity index (χ3n) is 5.10. The Morgan fingerprint density at radius 2 is 1.97 bits per heavy atom. The molecule has 1 heterocycles. The highest BCUT2D eigenvalue weighted by Gasteiger charge is 2.28. The average Bonchev–Trinajstić information content (AvgIpc) is 3.03. The summed E-state index contributed by atoms with van der Waals surface area (Å²) in [5.74, 6) is -0.613. The van der Waals surface area contributed by atoms with Crippen LogP contribution in [-0.2, 0) is 32.1 Å². The second-order valence-corrected chi connectivity index (χ2v) is 7.51. The van der Waals surface area contributed by atoms with Crippen LogP contribution in [0, 0.1) is 0 Å². The SMILES string of the molecule is COCc1cccc(CC(=O)C=C[C@H]2CCC(=O)N2CCCCCCC(=O)O)c1. The van der Waals surface area contributed by atoms with Gasteiger partial charge in [0, 0.05) is 32.9 Å². The van der Waals surface area contributed by atoms with Crippen LogP contribution in [-0.4, -0.2) is 47.4 Å². The molecule has 0 saturated carbocycles. The minimum Gasteiger partial charge on any atom is -0.481 e. The molecule has 1 saturated heterocycles. The molecule has 2 rings (SSSR count). The van der Waals surface area contributed by atoms with Crippen molar-refractivity contribution < 1.29 is 24.2 Å². The van der Waals surface area contributed by atoms with Crippen molar-refractivity contribution in [3.8, 4) is 0 Å². The van der Waals surface area contributed by atoms with E-state index in [2.05, 4.69) is 0 Å². The highest BCUT2D eigenvalue weighted by molar-refractivity contribution is 5.91.